The first kappa shape index (κ1) is 13.3. The molecule has 0 radical (unpaired) electrons. The molecule has 0 aliphatic heterocycles. The summed E-state index contributed by atoms with van der Waals surface area (Å²) in [5, 5.41) is 1.20. The Bertz CT molecular complexity index is 748. The van der Waals surface area contributed by atoms with Gasteiger partial charge < -0.3 is 0 Å². The molecule has 20 heavy (non-hydrogen) atoms. The van der Waals surface area contributed by atoms with E-state index in [4.69, 9.17) is 4.98 Å². The highest BCUT2D eigenvalue weighted by Gasteiger charge is 2.13. The van der Waals surface area contributed by atoms with Crippen molar-refractivity contribution in [3.8, 4) is 11.3 Å². The summed E-state index contributed by atoms with van der Waals surface area (Å²) < 4.78 is 0. The normalized spacial score (nSPS) is 12.6. The quantitative estimate of drug-likeness (QED) is 0.553. The zero-order chi connectivity index (χ0) is 14.1. The van der Waals surface area contributed by atoms with Gasteiger partial charge in [0, 0.05) is 15.8 Å². The number of rotatable bonds is 2. The summed E-state index contributed by atoms with van der Waals surface area (Å²) in [5.74, 6) is 0. The van der Waals surface area contributed by atoms with E-state index < -0.39 is 0 Å². The Morgan fingerprint density at radius 1 is 1.00 bits per heavy atom. The highest BCUT2D eigenvalue weighted by Crippen LogP contribution is 2.34. The zero-order valence-electron chi connectivity index (χ0n) is 11.6. The van der Waals surface area contributed by atoms with Crippen molar-refractivity contribution in [3.63, 3.8) is 0 Å². The smallest absolute Gasteiger partial charge is 0.0753 e. The van der Waals surface area contributed by atoms with Gasteiger partial charge in [-0.25, -0.2) is 4.98 Å². The fraction of sp³-hybridized carbons (Fsp3) is 0.167. The van der Waals surface area contributed by atoms with E-state index >= 15 is 0 Å². The van der Waals surface area contributed by atoms with Crippen molar-refractivity contribution in [1.82, 2.24) is 4.98 Å². The van der Waals surface area contributed by atoms with Gasteiger partial charge in [0.25, 0.3) is 0 Å². The molecule has 1 aromatic heterocycles. The van der Waals surface area contributed by atoms with Crippen LogP contribution in [0.3, 0.4) is 0 Å². The molecule has 2 heteroatoms. The van der Waals surface area contributed by atoms with Gasteiger partial charge in [0.05, 0.1) is 11.2 Å². The molecule has 3 aromatic rings. The molecular weight excluding hydrogens is 310 g/mol. The predicted molar refractivity (Wildman–Crippen MR) is 89.3 cm³/mol. The molecule has 0 saturated carbocycles. The molecule has 1 heterocycles. The number of halogens is 1. The molecule has 0 amide bonds. The van der Waals surface area contributed by atoms with E-state index in [0.29, 0.717) is 0 Å². The number of para-hydroxylation sites is 1. The Morgan fingerprint density at radius 2 is 1.75 bits per heavy atom. The summed E-state index contributed by atoms with van der Waals surface area (Å²) in [6.07, 6.45) is 0. The second kappa shape index (κ2) is 5.37. The van der Waals surface area contributed by atoms with E-state index in [1.807, 2.05) is 6.07 Å². The number of pyridine rings is 1. The van der Waals surface area contributed by atoms with Gasteiger partial charge in [-0.2, -0.15) is 0 Å². The van der Waals surface area contributed by atoms with Crippen LogP contribution in [0, 0.1) is 6.92 Å². The maximum atomic E-state index is 4.94. The minimum atomic E-state index is 0.273. The molecule has 0 saturated heterocycles. The van der Waals surface area contributed by atoms with E-state index in [9.17, 15) is 0 Å². The maximum absolute atomic E-state index is 4.94. The molecule has 100 valence electrons. The van der Waals surface area contributed by atoms with Gasteiger partial charge in [-0.3, -0.25) is 0 Å². The van der Waals surface area contributed by atoms with Crippen LogP contribution in [0.4, 0.5) is 0 Å². The van der Waals surface area contributed by atoms with Gasteiger partial charge in [-0.1, -0.05) is 64.5 Å². The molecule has 1 nitrogen and oxygen atoms in total. The van der Waals surface area contributed by atoms with Crippen molar-refractivity contribution in [2.45, 2.75) is 18.7 Å². The molecule has 2 aromatic carbocycles. The van der Waals surface area contributed by atoms with Crippen LogP contribution < -0.4 is 0 Å². The van der Waals surface area contributed by atoms with Crippen LogP contribution in [-0.2, 0) is 0 Å². The molecule has 1 atom stereocenters. The van der Waals surface area contributed by atoms with E-state index in [0.717, 1.165) is 11.2 Å². The molecular formula is C18H16BrN. The largest absolute Gasteiger partial charge is 0.247 e. The van der Waals surface area contributed by atoms with Crippen molar-refractivity contribution < 1.29 is 0 Å². The van der Waals surface area contributed by atoms with E-state index in [1.54, 1.807) is 0 Å². The number of aromatic nitrogens is 1. The number of alkyl halides is 1. The van der Waals surface area contributed by atoms with Crippen LogP contribution in [0.5, 0.6) is 0 Å². The maximum Gasteiger partial charge on any atom is 0.0753 e. The van der Waals surface area contributed by atoms with E-state index in [2.05, 4.69) is 78.3 Å². The number of benzene rings is 2. The average molecular weight is 326 g/mol. The third-order valence-electron chi connectivity index (χ3n) is 3.55. The first-order valence-corrected chi connectivity index (χ1v) is 7.68. The lowest BCUT2D eigenvalue weighted by molar-refractivity contribution is 1.11. The molecule has 1 unspecified atom stereocenters. The first-order valence-electron chi connectivity index (χ1n) is 6.76. The average Bonchev–Trinajstić information content (AvgIpc) is 2.47. The minimum Gasteiger partial charge on any atom is -0.247 e. The van der Waals surface area contributed by atoms with E-state index in [1.165, 1.54) is 22.1 Å². The summed E-state index contributed by atoms with van der Waals surface area (Å²) in [6.45, 7) is 4.26. The summed E-state index contributed by atoms with van der Waals surface area (Å²) >= 11 is 3.69. The fourth-order valence-electron chi connectivity index (χ4n) is 2.49. The van der Waals surface area contributed by atoms with Crippen molar-refractivity contribution in [3.05, 3.63) is 65.7 Å². The monoisotopic (exact) mass is 325 g/mol. The van der Waals surface area contributed by atoms with Gasteiger partial charge in [0.2, 0.25) is 0 Å². The van der Waals surface area contributed by atoms with Gasteiger partial charge in [-0.15, -0.1) is 0 Å². The van der Waals surface area contributed by atoms with E-state index in [-0.39, 0.29) is 4.83 Å². The van der Waals surface area contributed by atoms with Crippen molar-refractivity contribution in [2.24, 2.45) is 0 Å². The molecule has 0 aliphatic rings. The third kappa shape index (κ3) is 2.36. The summed E-state index contributed by atoms with van der Waals surface area (Å²) in [4.78, 5) is 5.21. The fourth-order valence-corrected chi connectivity index (χ4v) is 2.84. The summed E-state index contributed by atoms with van der Waals surface area (Å²) in [7, 11) is 0. The van der Waals surface area contributed by atoms with Crippen molar-refractivity contribution in [1.29, 1.82) is 0 Å². The Kier molecular flexibility index (Phi) is 3.58. The molecule has 0 spiro atoms. The summed E-state index contributed by atoms with van der Waals surface area (Å²) in [6, 6.07) is 19.0. The van der Waals surface area contributed by atoms with Gasteiger partial charge in [-0.05, 0) is 31.0 Å². The number of nitrogens with zero attached hydrogens (tertiary/aromatic N) is 1. The van der Waals surface area contributed by atoms with Crippen LogP contribution >= 0.6 is 15.9 Å². The van der Waals surface area contributed by atoms with Crippen molar-refractivity contribution in [2.75, 3.05) is 0 Å². The Balaban J connectivity index is 2.34. The molecule has 0 N–H and O–H groups in total. The van der Waals surface area contributed by atoms with Gasteiger partial charge in [0.1, 0.15) is 0 Å². The Labute approximate surface area is 127 Å². The number of fused-ring (bicyclic) bond motifs is 1. The number of hydrogen-bond donors (Lipinski definition) is 0. The first-order chi connectivity index (χ1) is 9.66. The lowest BCUT2D eigenvalue weighted by Gasteiger charge is -2.14. The van der Waals surface area contributed by atoms with Gasteiger partial charge >= 0.3 is 0 Å². The zero-order valence-corrected chi connectivity index (χ0v) is 13.2. The summed E-state index contributed by atoms with van der Waals surface area (Å²) in [5.41, 5.74) is 5.77. The highest BCUT2D eigenvalue weighted by molar-refractivity contribution is 9.09. The standard InChI is InChI=1S/C18H16BrN/c1-12-7-6-10-15-11-16(13(2)19)18(20-17(12)15)14-8-4-3-5-9-14/h3-11,13H,1-2H3. The molecule has 0 aliphatic carbocycles. The van der Waals surface area contributed by atoms with Crippen molar-refractivity contribution >= 4 is 26.8 Å². The second-order valence-electron chi connectivity index (χ2n) is 5.05. The molecule has 0 fully saturated rings. The predicted octanol–water partition coefficient (Wildman–Crippen LogP) is 5.67. The van der Waals surface area contributed by atoms with Crippen LogP contribution in [0.1, 0.15) is 22.9 Å². The van der Waals surface area contributed by atoms with Crippen LogP contribution in [0.25, 0.3) is 22.2 Å². The number of hydrogen-bond acceptors (Lipinski definition) is 1. The molecule has 3 rings (SSSR count). The lowest BCUT2D eigenvalue weighted by atomic mass is 10.0. The van der Waals surface area contributed by atoms with Gasteiger partial charge in [0.15, 0.2) is 0 Å². The lowest BCUT2D eigenvalue weighted by Crippen LogP contribution is -1.96. The minimum absolute atomic E-state index is 0.273. The second-order valence-corrected chi connectivity index (χ2v) is 6.43. The van der Waals surface area contributed by atoms with Crippen LogP contribution in [0.2, 0.25) is 0 Å². The molecule has 0 bridgehead atoms. The Hall–Kier alpha value is -1.67. The van der Waals surface area contributed by atoms with Crippen LogP contribution in [-0.4, -0.2) is 4.98 Å². The third-order valence-corrected chi connectivity index (χ3v) is 4.05. The SMILES string of the molecule is Cc1cccc2cc(C(C)Br)c(-c3ccccc3)nc12. The van der Waals surface area contributed by atoms with Crippen LogP contribution in [0.15, 0.2) is 54.6 Å². The topological polar surface area (TPSA) is 12.9 Å². The highest BCUT2D eigenvalue weighted by atomic mass is 79.9. The Morgan fingerprint density at radius 3 is 2.45 bits per heavy atom. The number of aryl methyl sites for hydroxylation is 1.